The van der Waals surface area contributed by atoms with Crippen LogP contribution in [0.2, 0.25) is 0 Å². The van der Waals surface area contributed by atoms with Gasteiger partial charge >= 0.3 is 12.0 Å². The van der Waals surface area contributed by atoms with Crippen molar-refractivity contribution >= 4 is 23.3 Å². The standard InChI is InChI=1S/C14H19N3O3S/c1-16(7-9-4-5-21-8-9)14(20)17-10-2-3-11(17)12(13(18)19)15-6-10/h4-5,8,10-12,15H,2-3,6-7H2,1H3,(H,18,19). The Labute approximate surface area is 127 Å². The fourth-order valence-corrected chi connectivity index (χ4v) is 3.97. The molecule has 3 heterocycles. The Bertz CT molecular complexity index is 534. The van der Waals surface area contributed by atoms with E-state index in [1.54, 1.807) is 28.2 Å². The summed E-state index contributed by atoms with van der Waals surface area (Å²) >= 11 is 1.61. The topological polar surface area (TPSA) is 72.9 Å². The van der Waals surface area contributed by atoms with Crippen LogP contribution in [0.15, 0.2) is 16.8 Å². The minimum atomic E-state index is -0.876. The number of carbonyl (C=O) groups is 2. The molecule has 3 atom stereocenters. The largest absolute Gasteiger partial charge is 0.480 e. The van der Waals surface area contributed by atoms with Crippen molar-refractivity contribution < 1.29 is 14.7 Å². The summed E-state index contributed by atoms with van der Waals surface area (Å²) in [4.78, 5) is 27.5. The molecule has 2 aliphatic rings. The number of hydrogen-bond acceptors (Lipinski definition) is 4. The van der Waals surface area contributed by atoms with Crippen molar-refractivity contribution in [1.29, 1.82) is 0 Å². The number of thiophene rings is 1. The van der Waals surface area contributed by atoms with E-state index in [0.29, 0.717) is 13.1 Å². The Hall–Kier alpha value is -1.60. The van der Waals surface area contributed by atoms with Gasteiger partial charge in [0.2, 0.25) is 0 Å². The highest BCUT2D eigenvalue weighted by molar-refractivity contribution is 7.07. The number of fused-ring (bicyclic) bond motifs is 2. The van der Waals surface area contributed by atoms with Crippen molar-refractivity contribution in [3.63, 3.8) is 0 Å². The van der Waals surface area contributed by atoms with Gasteiger partial charge < -0.3 is 20.2 Å². The molecular weight excluding hydrogens is 290 g/mol. The molecule has 2 aliphatic heterocycles. The van der Waals surface area contributed by atoms with Gasteiger partial charge in [-0.15, -0.1) is 0 Å². The molecule has 2 N–H and O–H groups in total. The molecule has 3 rings (SSSR count). The lowest BCUT2D eigenvalue weighted by Gasteiger charge is -2.40. The number of urea groups is 1. The molecule has 114 valence electrons. The Morgan fingerprint density at radius 3 is 3.00 bits per heavy atom. The molecule has 0 spiro atoms. The molecule has 0 aliphatic carbocycles. The van der Waals surface area contributed by atoms with E-state index in [0.717, 1.165) is 18.4 Å². The van der Waals surface area contributed by atoms with Crippen LogP contribution in [0, 0.1) is 0 Å². The van der Waals surface area contributed by atoms with Crippen LogP contribution < -0.4 is 5.32 Å². The normalized spacial score (nSPS) is 27.7. The summed E-state index contributed by atoms with van der Waals surface area (Å²) in [6, 6.07) is 1.16. The summed E-state index contributed by atoms with van der Waals surface area (Å²) in [7, 11) is 1.78. The van der Waals surface area contributed by atoms with Crippen LogP contribution in [0.25, 0.3) is 0 Å². The number of carboxylic acids is 1. The van der Waals surface area contributed by atoms with Gasteiger partial charge in [0, 0.05) is 26.2 Å². The van der Waals surface area contributed by atoms with E-state index in [4.69, 9.17) is 0 Å². The Morgan fingerprint density at radius 2 is 2.33 bits per heavy atom. The third-order valence-corrected chi connectivity index (χ3v) is 5.05. The van der Waals surface area contributed by atoms with Gasteiger partial charge in [-0.3, -0.25) is 4.79 Å². The summed E-state index contributed by atoms with van der Waals surface area (Å²) in [5.41, 5.74) is 1.10. The molecular formula is C14H19N3O3S. The van der Waals surface area contributed by atoms with Crippen molar-refractivity contribution in [3.05, 3.63) is 22.4 Å². The molecule has 1 aromatic rings. The first-order chi connectivity index (χ1) is 10.1. The SMILES string of the molecule is CN(Cc1ccsc1)C(=O)N1C2CCC1C(C(=O)O)NC2. The molecule has 21 heavy (non-hydrogen) atoms. The summed E-state index contributed by atoms with van der Waals surface area (Å²) < 4.78 is 0. The number of nitrogens with zero attached hydrogens (tertiary/aromatic N) is 2. The van der Waals surface area contributed by atoms with Crippen LogP contribution in [0.3, 0.4) is 0 Å². The zero-order chi connectivity index (χ0) is 15.0. The van der Waals surface area contributed by atoms with Crippen molar-refractivity contribution in [2.45, 2.75) is 37.5 Å². The highest BCUT2D eigenvalue weighted by atomic mass is 32.1. The summed E-state index contributed by atoms with van der Waals surface area (Å²) in [6.45, 7) is 1.12. The highest BCUT2D eigenvalue weighted by Crippen LogP contribution is 2.31. The smallest absolute Gasteiger partial charge is 0.322 e. The van der Waals surface area contributed by atoms with Gasteiger partial charge in [0.05, 0.1) is 6.04 Å². The van der Waals surface area contributed by atoms with Crippen molar-refractivity contribution in [3.8, 4) is 0 Å². The highest BCUT2D eigenvalue weighted by Gasteiger charge is 2.48. The first kappa shape index (κ1) is 14.3. The van der Waals surface area contributed by atoms with E-state index >= 15 is 0 Å². The van der Waals surface area contributed by atoms with Crippen LogP contribution >= 0.6 is 11.3 Å². The molecule has 0 saturated carbocycles. The summed E-state index contributed by atoms with van der Waals surface area (Å²) in [5.74, 6) is -0.876. The second kappa shape index (κ2) is 5.65. The Morgan fingerprint density at radius 1 is 1.52 bits per heavy atom. The number of aliphatic carboxylic acids is 1. The van der Waals surface area contributed by atoms with Crippen molar-refractivity contribution in [1.82, 2.24) is 15.1 Å². The van der Waals surface area contributed by atoms with E-state index in [1.807, 2.05) is 16.8 Å². The monoisotopic (exact) mass is 309 g/mol. The minimum Gasteiger partial charge on any atom is -0.480 e. The predicted molar refractivity (Wildman–Crippen MR) is 79.3 cm³/mol. The summed E-state index contributed by atoms with van der Waals surface area (Å²) in [5, 5.41) is 16.3. The van der Waals surface area contributed by atoms with Gasteiger partial charge in [0.25, 0.3) is 0 Å². The maximum absolute atomic E-state index is 12.7. The first-order valence-electron chi connectivity index (χ1n) is 7.08. The van der Waals surface area contributed by atoms with E-state index in [9.17, 15) is 14.7 Å². The lowest BCUT2D eigenvalue weighted by molar-refractivity contribution is -0.141. The number of amides is 2. The second-order valence-corrected chi connectivity index (χ2v) is 6.48. The molecule has 2 saturated heterocycles. The Kier molecular flexibility index (Phi) is 3.86. The third kappa shape index (κ3) is 2.63. The molecule has 0 radical (unpaired) electrons. The van der Waals surface area contributed by atoms with Gasteiger partial charge in [-0.05, 0) is 35.2 Å². The van der Waals surface area contributed by atoms with Crippen LogP contribution in [-0.2, 0) is 11.3 Å². The average Bonchev–Trinajstić information content (AvgIpc) is 3.04. The molecule has 6 nitrogen and oxygen atoms in total. The number of carboxylic acid groups (broad SMARTS) is 1. The van der Waals surface area contributed by atoms with Gasteiger partial charge in [-0.25, -0.2) is 4.79 Å². The van der Waals surface area contributed by atoms with E-state index < -0.39 is 12.0 Å². The number of carbonyl (C=O) groups excluding carboxylic acids is 1. The third-order valence-electron chi connectivity index (χ3n) is 4.32. The summed E-state index contributed by atoms with van der Waals surface area (Å²) in [6.07, 6.45) is 1.63. The first-order valence-corrected chi connectivity index (χ1v) is 8.03. The van der Waals surface area contributed by atoms with Crippen LogP contribution in [0.5, 0.6) is 0 Å². The minimum absolute atomic E-state index is 0.0681. The number of piperazine rings is 1. The number of rotatable bonds is 3. The second-order valence-electron chi connectivity index (χ2n) is 5.70. The zero-order valence-corrected chi connectivity index (χ0v) is 12.7. The maximum Gasteiger partial charge on any atom is 0.322 e. The quantitative estimate of drug-likeness (QED) is 0.880. The molecule has 3 unspecified atom stereocenters. The van der Waals surface area contributed by atoms with E-state index in [2.05, 4.69) is 5.32 Å². The zero-order valence-electron chi connectivity index (χ0n) is 11.9. The number of hydrogen-bond donors (Lipinski definition) is 2. The van der Waals surface area contributed by atoms with Gasteiger partial charge in [0.1, 0.15) is 6.04 Å². The van der Waals surface area contributed by atoms with Gasteiger partial charge in [0.15, 0.2) is 0 Å². The molecule has 7 heteroatoms. The van der Waals surface area contributed by atoms with Crippen LogP contribution in [0.1, 0.15) is 18.4 Å². The van der Waals surface area contributed by atoms with Gasteiger partial charge in [-0.2, -0.15) is 11.3 Å². The van der Waals surface area contributed by atoms with Crippen LogP contribution in [0.4, 0.5) is 4.79 Å². The molecule has 1 aromatic heterocycles. The van der Waals surface area contributed by atoms with Crippen molar-refractivity contribution in [2.75, 3.05) is 13.6 Å². The van der Waals surface area contributed by atoms with E-state index in [1.165, 1.54) is 0 Å². The fourth-order valence-electron chi connectivity index (χ4n) is 3.31. The molecule has 2 fully saturated rings. The van der Waals surface area contributed by atoms with Crippen LogP contribution in [-0.4, -0.2) is 58.6 Å². The lowest BCUT2D eigenvalue weighted by atomic mass is 10.1. The molecule has 2 bridgehead atoms. The molecule has 0 aromatic carbocycles. The fraction of sp³-hybridized carbons (Fsp3) is 0.571. The van der Waals surface area contributed by atoms with Gasteiger partial charge in [-0.1, -0.05) is 0 Å². The van der Waals surface area contributed by atoms with Crippen molar-refractivity contribution in [2.24, 2.45) is 0 Å². The lowest BCUT2D eigenvalue weighted by Crippen LogP contribution is -2.63. The average molecular weight is 309 g/mol. The predicted octanol–water partition coefficient (Wildman–Crippen LogP) is 1.19. The molecule has 2 amide bonds. The Balaban J connectivity index is 1.73. The number of nitrogens with one attached hydrogen (secondary N) is 1. The maximum atomic E-state index is 12.7. The van der Waals surface area contributed by atoms with E-state index in [-0.39, 0.29) is 18.1 Å².